The Hall–Kier alpha value is -2.63. The average molecular weight is 273 g/mol. The van der Waals surface area contributed by atoms with Gasteiger partial charge in [-0.2, -0.15) is 5.10 Å². The van der Waals surface area contributed by atoms with Crippen LogP contribution in [0.4, 0.5) is 0 Å². The molecule has 1 heterocycles. The molecule has 6 nitrogen and oxygen atoms in total. The first-order chi connectivity index (χ1) is 9.69. The standard InChI is InChI=1S/C14H15N3O3/c1-20-11-4-2-10(3-5-11)8-9-15-14(19)12-6-7-13(18)17-16-12/h2-7H,8-9H2,1H3,(H,15,19)(H,17,18). The van der Waals surface area contributed by atoms with Crippen LogP contribution in [-0.4, -0.2) is 29.8 Å². The van der Waals surface area contributed by atoms with Gasteiger partial charge in [0.15, 0.2) is 0 Å². The van der Waals surface area contributed by atoms with E-state index in [0.717, 1.165) is 11.3 Å². The average Bonchev–Trinajstić information content (AvgIpc) is 2.48. The van der Waals surface area contributed by atoms with Gasteiger partial charge in [0.05, 0.1) is 7.11 Å². The summed E-state index contributed by atoms with van der Waals surface area (Å²) in [6.07, 6.45) is 0.707. The summed E-state index contributed by atoms with van der Waals surface area (Å²) in [6.45, 7) is 0.492. The monoisotopic (exact) mass is 273 g/mol. The first-order valence-corrected chi connectivity index (χ1v) is 6.16. The van der Waals surface area contributed by atoms with E-state index in [0.29, 0.717) is 13.0 Å². The van der Waals surface area contributed by atoms with Crippen LogP contribution in [0.25, 0.3) is 0 Å². The molecule has 0 atom stereocenters. The summed E-state index contributed by atoms with van der Waals surface area (Å²) >= 11 is 0. The van der Waals surface area contributed by atoms with Gasteiger partial charge in [-0.3, -0.25) is 9.59 Å². The second kappa shape index (κ2) is 6.51. The lowest BCUT2D eigenvalue weighted by atomic mass is 10.1. The fourth-order valence-electron chi connectivity index (χ4n) is 1.67. The molecule has 0 bridgehead atoms. The molecule has 1 amide bonds. The smallest absolute Gasteiger partial charge is 0.271 e. The Morgan fingerprint density at radius 2 is 2.00 bits per heavy atom. The number of hydrogen-bond acceptors (Lipinski definition) is 4. The Kier molecular flexibility index (Phi) is 4.49. The molecule has 6 heteroatoms. The third kappa shape index (κ3) is 3.68. The van der Waals surface area contributed by atoms with Gasteiger partial charge in [0.1, 0.15) is 11.4 Å². The van der Waals surface area contributed by atoms with Gasteiger partial charge < -0.3 is 10.1 Å². The lowest BCUT2D eigenvalue weighted by Gasteiger charge is -2.05. The predicted octanol–water partition coefficient (Wildman–Crippen LogP) is 0.751. The lowest BCUT2D eigenvalue weighted by Crippen LogP contribution is -2.27. The molecule has 0 radical (unpaired) electrons. The van der Waals surface area contributed by atoms with Gasteiger partial charge >= 0.3 is 0 Å². The maximum atomic E-state index is 11.7. The van der Waals surface area contributed by atoms with E-state index in [9.17, 15) is 9.59 Å². The van der Waals surface area contributed by atoms with E-state index in [4.69, 9.17) is 4.74 Å². The summed E-state index contributed by atoms with van der Waals surface area (Å²) in [5.41, 5.74) is 0.958. The highest BCUT2D eigenvalue weighted by atomic mass is 16.5. The zero-order valence-corrected chi connectivity index (χ0v) is 11.1. The van der Waals surface area contributed by atoms with Gasteiger partial charge in [0, 0.05) is 12.6 Å². The predicted molar refractivity (Wildman–Crippen MR) is 73.9 cm³/mol. The summed E-state index contributed by atoms with van der Waals surface area (Å²) in [5.74, 6) is 0.491. The number of methoxy groups -OCH3 is 1. The molecule has 0 saturated carbocycles. The molecule has 0 spiro atoms. The number of aromatic nitrogens is 2. The molecule has 0 aliphatic carbocycles. The minimum Gasteiger partial charge on any atom is -0.497 e. The van der Waals surface area contributed by atoms with Gasteiger partial charge in [-0.05, 0) is 30.2 Å². The molecule has 2 N–H and O–H groups in total. The number of nitrogens with one attached hydrogen (secondary N) is 2. The SMILES string of the molecule is COc1ccc(CCNC(=O)c2ccc(=O)[nH]n2)cc1. The first kappa shape index (κ1) is 13.8. The number of rotatable bonds is 5. The normalized spacial score (nSPS) is 10.1. The van der Waals surface area contributed by atoms with Crippen molar-refractivity contribution in [2.75, 3.05) is 13.7 Å². The number of ether oxygens (including phenoxy) is 1. The molecule has 2 rings (SSSR count). The van der Waals surface area contributed by atoms with Crippen molar-refractivity contribution in [1.82, 2.24) is 15.5 Å². The highest BCUT2D eigenvalue weighted by Gasteiger charge is 2.06. The second-order valence-electron chi connectivity index (χ2n) is 4.16. The van der Waals surface area contributed by atoms with Crippen LogP contribution in [0.5, 0.6) is 5.75 Å². The summed E-state index contributed by atoms with van der Waals surface area (Å²) in [7, 11) is 1.62. The Labute approximate surface area is 115 Å². The molecule has 1 aromatic heterocycles. The van der Waals surface area contributed by atoms with E-state index in [1.54, 1.807) is 7.11 Å². The van der Waals surface area contributed by atoms with Crippen molar-refractivity contribution in [1.29, 1.82) is 0 Å². The fraction of sp³-hybridized carbons (Fsp3) is 0.214. The summed E-state index contributed by atoms with van der Waals surface area (Å²) in [5, 5.41) is 8.62. The highest BCUT2D eigenvalue weighted by Crippen LogP contribution is 2.11. The van der Waals surface area contributed by atoms with Crippen LogP contribution in [0.15, 0.2) is 41.2 Å². The van der Waals surface area contributed by atoms with Crippen molar-refractivity contribution < 1.29 is 9.53 Å². The van der Waals surface area contributed by atoms with E-state index in [-0.39, 0.29) is 17.2 Å². The quantitative estimate of drug-likeness (QED) is 0.842. The van der Waals surface area contributed by atoms with Gasteiger partial charge in [-0.1, -0.05) is 12.1 Å². The molecule has 1 aromatic carbocycles. The molecule has 0 aliphatic rings. The number of carbonyl (C=O) groups excluding carboxylic acids is 1. The number of H-pyrrole nitrogens is 1. The lowest BCUT2D eigenvalue weighted by molar-refractivity contribution is 0.0948. The number of amides is 1. The van der Waals surface area contributed by atoms with E-state index in [1.165, 1.54) is 12.1 Å². The fourth-order valence-corrected chi connectivity index (χ4v) is 1.67. The van der Waals surface area contributed by atoms with Gasteiger partial charge in [0.2, 0.25) is 0 Å². The molecule has 2 aromatic rings. The van der Waals surface area contributed by atoms with Crippen LogP contribution in [0, 0.1) is 0 Å². The van der Waals surface area contributed by atoms with E-state index in [2.05, 4.69) is 15.5 Å². The minimum atomic E-state index is -0.334. The maximum absolute atomic E-state index is 11.7. The first-order valence-electron chi connectivity index (χ1n) is 6.16. The Bertz CT molecular complexity index is 614. The zero-order chi connectivity index (χ0) is 14.4. The van der Waals surface area contributed by atoms with E-state index >= 15 is 0 Å². The van der Waals surface area contributed by atoms with Crippen LogP contribution in [0.2, 0.25) is 0 Å². The van der Waals surface area contributed by atoms with Gasteiger partial charge in [0.25, 0.3) is 11.5 Å². The van der Waals surface area contributed by atoms with Crippen LogP contribution < -0.4 is 15.6 Å². The third-order valence-electron chi connectivity index (χ3n) is 2.77. The van der Waals surface area contributed by atoms with Crippen molar-refractivity contribution in [2.24, 2.45) is 0 Å². The minimum absolute atomic E-state index is 0.194. The van der Waals surface area contributed by atoms with E-state index in [1.807, 2.05) is 24.3 Å². The number of hydrogen-bond donors (Lipinski definition) is 2. The van der Waals surface area contributed by atoms with Crippen LogP contribution in [0.1, 0.15) is 16.1 Å². The second-order valence-corrected chi connectivity index (χ2v) is 4.16. The number of carbonyl (C=O) groups is 1. The number of aromatic amines is 1. The summed E-state index contributed by atoms with van der Waals surface area (Å²) in [6, 6.07) is 10.3. The van der Waals surface area contributed by atoms with Gasteiger partial charge in [-0.15, -0.1) is 0 Å². The largest absolute Gasteiger partial charge is 0.497 e. The van der Waals surface area contributed by atoms with Crippen molar-refractivity contribution in [3.8, 4) is 5.75 Å². The van der Waals surface area contributed by atoms with Crippen molar-refractivity contribution in [3.63, 3.8) is 0 Å². The van der Waals surface area contributed by atoms with Crippen LogP contribution in [0.3, 0.4) is 0 Å². The molecular formula is C14H15N3O3. The van der Waals surface area contributed by atoms with Gasteiger partial charge in [-0.25, -0.2) is 5.10 Å². The number of benzene rings is 1. The highest BCUT2D eigenvalue weighted by molar-refractivity contribution is 5.91. The van der Waals surface area contributed by atoms with Crippen molar-refractivity contribution in [3.05, 3.63) is 58.0 Å². The summed E-state index contributed by atoms with van der Waals surface area (Å²) < 4.78 is 5.07. The zero-order valence-electron chi connectivity index (χ0n) is 11.1. The molecule has 0 fully saturated rings. The van der Waals surface area contributed by atoms with Crippen molar-refractivity contribution in [2.45, 2.75) is 6.42 Å². The Morgan fingerprint density at radius 1 is 1.25 bits per heavy atom. The number of nitrogens with zero attached hydrogens (tertiary/aromatic N) is 1. The van der Waals surface area contributed by atoms with E-state index < -0.39 is 0 Å². The topological polar surface area (TPSA) is 84.1 Å². The Balaban J connectivity index is 1.84. The molecule has 0 aliphatic heterocycles. The maximum Gasteiger partial charge on any atom is 0.271 e. The van der Waals surface area contributed by atoms with Crippen molar-refractivity contribution >= 4 is 5.91 Å². The Morgan fingerprint density at radius 3 is 2.60 bits per heavy atom. The third-order valence-corrected chi connectivity index (χ3v) is 2.77. The molecule has 0 saturated heterocycles. The molecule has 104 valence electrons. The molecule has 0 unspecified atom stereocenters. The molecular weight excluding hydrogens is 258 g/mol. The molecule has 20 heavy (non-hydrogen) atoms. The van der Waals surface area contributed by atoms with Crippen LogP contribution >= 0.6 is 0 Å². The summed E-state index contributed by atoms with van der Waals surface area (Å²) in [4.78, 5) is 22.6. The van der Waals surface area contributed by atoms with Crippen LogP contribution in [-0.2, 0) is 6.42 Å².